The molecule has 0 atom stereocenters. The van der Waals surface area contributed by atoms with E-state index in [1.165, 1.54) is 24.3 Å². The third kappa shape index (κ3) is 2.82. The van der Waals surface area contributed by atoms with Crippen LogP contribution in [0.25, 0.3) is 0 Å². The third-order valence-electron chi connectivity index (χ3n) is 1.66. The van der Waals surface area contributed by atoms with Crippen LogP contribution in [0.4, 0.5) is 0 Å². The van der Waals surface area contributed by atoms with Gasteiger partial charge in [0.1, 0.15) is 11.5 Å². The molecule has 1 aromatic carbocycles. The zero-order valence-corrected chi connectivity index (χ0v) is 7.34. The molecule has 0 heterocycles. The van der Waals surface area contributed by atoms with Crippen LogP contribution < -0.4 is 0 Å². The van der Waals surface area contributed by atoms with E-state index in [2.05, 4.69) is 0 Å². The van der Waals surface area contributed by atoms with Crippen molar-refractivity contribution in [2.75, 3.05) is 0 Å². The lowest BCUT2D eigenvalue weighted by atomic mass is 10.1. The molecule has 0 aliphatic rings. The Kier molecular flexibility index (Phi) is 3.12. The summed E-state index contributed by atoms with van der Waals surface area (Å²) in [7, 11) is 0. The van der Waals surface area contributed by atoms with E-state index < -0.39 is 5.97 Å². The summed E-state index contributed by atoms with van der Waals surface area (Å²) >= 11 is 0. The van der Waals surface area contributed by atoms with Crippen LogP contribution in [0.15, 0.2) is 30.4 Å². The molecule has 74 valence electrons. The summed E-state index contributed by atoms with van der Waals surface area (Å²) in [6.45, 7) is 0. The molecule has 14 heavy (non-hydrogen) atoms. The Morgan fingerprint density at radius 1 is 1.36 bits per heavy atom. The zero-order valence-electron chi connectivity index (χ0n) is 7.34. The SMILES string of the molecule is O=C(O)/C=C/Cc1cc(O)ccc1O. The van der Waals surface area contributed by atoms with E-state index in [0.717, 1.165) is 6.08 Å². The summed E-state index contributed by atoms with van der Waals surface area (Å²) in [5, 5.41) is 26.7. The van der Waals surface area contributed by atoms with Gasteiger partial charge in [-0.05, 0) is 24.6 Å². The fourth-order valence-corrected chi connectivity index (χ4v) is 1.02. The largest absolute Gasteiger partial charge is 0.508 e. The number of rotatable bonds is 3. The predicted molar refractivity (Wildman–Crippen MR) is 50.3 cm³/mol. The van der Waals surface area contributed by atoms with Crippen LogP contribution in [-0.2, 0) is 11.2 Å². The topological polar surface area (TPSA) is 77.8 Å². The second kappa shape index (κ2) is 4.32. The Morgan fingerprint density at radius 3 is 2.71 bits per heavy atom. The summed E-state index contributed by atoms with van der Waals surface area (Å²) in [6.07, 6.45) is 2.66. The van der Waals surface area contributed by atoms with E-state index in [1.807, 2.05) is 0 Å². The first kappa shape index (κ1) is 10.1. The number of carbonyl (C=O) groups is 1. The van der Waals surface area contributed by atoms with E-state index >= 15 is 0 Å². The number of phenols is 2. The molecule has 4 heteroatoms. The highest BCUT2D eigenvalue weighted by Gasteiger charge is 2.00. The minimum atomic E-state index is -1.04. The smallest absolute Gasteiger partial charge is 0.327 e. The third-order valence-corrected chi connectivity index (χ3v) is 1.66. The number of hydrogen-bond donors (Lipinski definition) is 3. The molecule has 0 bridgehead atoms. The molecule has 0 fully saturated rings. The minimum absolute atomic E-state index is 0.0397. The minimum Gasteiger partial charge on any atom is -0.508 e. The molecule has 1 aromatic rings. The Bertz CT molecular complexity index is 368. The van der Waals surface area contributed by atoms with Crippen molar-refractivity contribution in [3.63, 3.8) is 0 Å². The molecule has 4 nitrogen and oxygen atoms in total. The summed E-state index contributed by atoms with van der Waals surface area (Å²) in [5.41, 5.74) is 0.488. The number of aliphatic carboxylic acids is 1. The molecular formula is C10H10O4. The first-order chi connectivity index (χ1) is 6.59. The summed E-state index contributed by atoms with van der Waals surface area (Å²) in [5.74, 6) is -0.955. The number of benzene rings is 1. The van der Waals surface area contributed by atoms with Gasteiger partial charge in [-0.15, -0.1) is 0 Å². The van der Waals surface area contributed by atoms with Crippen molar-refractivity contribution in [2.24, 2.45) is 0 Å². The number of aromatic hydroxyl groups is 2. The van der Waals surface area contributed by atoms with Gasteiger partial charge >= 0.3 is 5.97 Å². The van der Waals surface area contributed by atoms with Crippen LogP contribution >= 0.6 is 0 Å². The number of carboxylic acids is 1. The van der Waals surface area contributed by atoms with Gasteiger partial charge in [0.05, 0.1) is 0 Å². The molecule has 0 unspecified atom stereocenters. The molecule has 0 aliphatic carbocycles. The number of hydrogen-bond acceptors (Lipinski definition) is 3. The van der Waals surface area contributed by atoms with Crippen LogP contribution in [-0.4, -0.2) is 21.3 Å². The van der Waals surface area contributed by atoms with Gasteiger partial charge in [-0.3, -0.25) is 0 Å². The Labute approximate surface area is 80.7 Å². The van der Waals surface area contributed by atoms with Gasteiger partial charge in [0, 0.05) is 11.6 Å². The molecule has 0 spiro atoms. The standard InChI is InChI=1S/C10H10O4/c11-8-4-5-9(12)7(6-8)2-1-3-10(13)14/h1,3-6,11-12H,2H2,(H,13,14)/b3-1+. The number of carboxylic acid groups (broad SMARTS) is 1. The van der Waals surface area contributed by atoms with Gasteiger partial charge in [0.15, 0.2) is 0 Å². The second-order valence-electron chi connectivity index (χ2n) is 2.76. The maximum absolute atomic E-state index is 10.1. The first-order valence-corrected chi connectivity index (χ1v) is 4.00. The summed E-state index contributed by atoms with van der Waals surface area (Å²) in [6, 6.07) is 4.11. The lowest BCUT2D eigenvalue weighted by Crippen LogP contribution is -1.88. The maximum atomic E-state index is 10.1. The lowest BCUT2D eigenvalue weighted by molar-refractivity contribution is -0.131. The monoisotopic (exact) mass is 194 g/mol. The molecule has 0 radical (unpaired) electrons. The van der Waals surface area contributed by atoms with E-state index in [-0.39, 0.29) is 17.9 Å². The number of phenolic OH excluding ortho intramolecular Hbond substituents is 2. The Hall–Kier alpha value is -1.97. The van der Waals surface area contributed by atoms with Crippen LogP contribution in [0.5, 0.6) is 11.5 Å². The van der Waals surface area contributed by atoms with Crippen molar-refractivity contribution < 1.29 is 20.1 Å². The van der Waals surface area contributed by atoms with Gasteiger partial charge in [-0.25, -0.2) is 4.79 Å². The second-order valence-corrected chi connectivity index (χ2v) is 2.76. The molecular weight excluding hydrogens is 184 g/mol. The normalized spacial score (nSPS) is 10.6. The van der Waals surface area contributed by atoms with Gasteiger partial charge < -0.3 is 15.3 Å². The lowest BCUT2D eigenvalue weighted by Gasteiger charge is -2.01. The van der Waals surface area contributed by atoms with Gasteiger partial charge in [0.2, 0.25) is 0 Å². The maximum Gasteiger partial charge on any atom is 0.327 e. The quantitative estimate of drug-likeness (QED) is 0.500. The van der Waals surface area contributed by atoms with Crippen molar-refractivity contribution in [3.8, 4) is 11.5 Å². The van der Waals surface area contributed by atoms with Gasteiger partial charge in [-0.1, -0.05) is 6.08 Å². The fraction of sp³-hybridized carbons (Fsp3) is 0.100. The van der Waals surface area contributed by atoms with Gasteiger partial charge in [0.25, 0.3) is 0 Å². The predicted octanol–water partition coefficient (Wildman–Crippen LogP) is 1.28. The van der Waals surface area contributed by atoms with Crippen LogP contribution in [0.3, 0.4) is 0 Å². The van der Waals surface area contributed by atoms with Crippen LogP contribution in [0.1, 0.15) is 5.56 Å². The van der Waals surface area contributed by atoms with Crippen LogP contribution in [0, 0.1) is 0 Å². The van der Waals surface area contributed by atoms with E-state index in [4.69, 9.17) is 10.2 Å². The first-order valence-electron chi connectivity index (χ1n) is 4.00. The molecule has 0 saturated carbocycles. The van der Waals surface area contributed by atoms with E-state index in [9.17, 15) is 9.90 Å². The van der Waals surface area contributed by atoms with Gasteiger partial charge in [-0.2, -0.15) is 0 Å². The summed E-state index contributed by atoms with van der Waals surface area (Å²) < 4.78 is 0. The average Bonchev–Trinajstić information content (AvgIpc) is 2.10. The van der Waals surface area contributed by atoms with Crippen molar-refractivity contribution >= 4 is 5.97 Å². The van der Waals surface area contributed by atoms with Crippen molar-refractivity contribution in [1.29, 1.82) is 0 Å². The highest BCUT2D eigenvalue weighted by atomic mass is 16.4. The fourth-order valence-electron chi connectivity index (χ4n) is 1.02. The zero-order chi connectivity index (χ0) is 10.6. The van der Waals surface area contributed by atoms with Crippen molar-refractivity contribution in [1.82, 2.24) is 0 Å². The van der Waals surface area contributed by atoms with Crippen molar-refractivity contribution in [3.05, 3.63) is 35.9 Å². The summed E-state index contributed by atoms with van der Waals surface area (Å²) in [4.78, 5) is 10.1. The van der Waals surface area contributed by atoms with E-state index in [1.54, 1.807) is 0 Å². The molecule has 3 N–H and O–H groups in total. The number of allylic oxidation sites excluding steroid dienone is 1. The Morgan fingerprint density at radius 2 is 2.07 bits per heavy atom. The molecule has 0 amide bonds. The average molecular weight is 194 g/mol. The molecule has 0 aromatic heterocycles. The highest BCUT2D eigenvalue weighted by molar-refractivity contribution is 5.79. The molecule has 0 aliphatic heterocycles. The van der Waals surface area contributed by atoms with E-state index in [0.29, 0.717) is 5.56 Å². The highest BCUT2D eigenvalue weighted by Crippen LogP contribution is 2.22. The van der Waals surface area contributed by atoms with Crippen molar-refractivity contribution in [2.45, 2.75) is 6.42 Å². The molecule has 0 saturated heterocycles. The van der Waals surface area contributed by atoms with Crippen LogP contribution in [0.2, 0.25) is 0 Å². The Balaban J connectivity index is 2.76. The molecule has 1 rings (SSSR count).